The van der Waals surface area contributed by atoms with E-state index in [1.54, 1.807) is 0 Å². The predicted octanol–water partition coefficient (Wildman–Crippen LogP) is 4.34. The standard InChI is InChI=1S/C19H18F2N2O2S/c1-3-12(2)25-14-9-7-13(8-10-14)11-17-22-23(19(24)26-17)18-15(20)5-4-6-16(18)21/h4-10,12H,3,11H2,1-2H3. The lowest BCUT2D eigenvalue weighted by Crippen LogP contribution is -2.15. The average molecular weight is 376 g/mol. The largest absolute Gasteiger partial charge is 0.491 e. The number of para-hydroxylation sites is 1. The molecule has 1 heterocycles. The molecule has 1 aromatic heterocycles. The van der Waals surface area contributed by atoms with Gasteiger partial charge in [0.25, 0.3) is 0 Å². The van der Waals surface area contributed by atoms with Gasteiger partial charge in [0.2, 0.25) is 0 Å². The molecule has 3 aromatic rings. The highest BCUT2D eigenvalue weighted by Gasteiger charge is 2.16. The lowest BCUT2D eigenvalue weighted by atomic mass is 10.1. The van der Waals surface area contributed by atoms with Crippen LogP contribution in [0.25, 0.3) is 5.69 Å². The first-order valence-corrected chi connectivity index (χ1v) is 9.08. The summed E-state index contributed by atoms with van der Waals surface area (Å²) in [6.45, 7) is 4.05. The zero-order valence-electron chi connectivity index (χ0n) is 14.4. The van der Waals surface area contributed by atoms with E-state index in [0.29, 0.717) is 11.4 Å². The molecule has 136 valence electrons. The zero-order valence-corrected chi connectivity index (χ0v) is 15.2. The minimum atomic E-state index is -0.824. The van der Waals surface area contributed by atoms with Gasteiger partial charge in [0.05, 0.1) is 6.10 Å². The fraction of sp³-hybridized carbons (Fsp3) is 0.263. The molecule has 2 aromatic carbocycles. The van der Waals surface area contributed by atoms with Crippen molar-refractivity contribution in [3.8, 4) is 11.4 Å². The molecule has 0 N–H and O–H groups in total. The first kappa shape index (κ1) is 18.3. The van der Waals surface area contributed by atoms with Gasteiger partial charge >= 0.3 is 4.87 Å². The summed E-state index contributed by atoms with van der Waals surface area (Å²) < 4.78 is 34.3. The number of rotatable bonds is 6. The lowest BCUT2D eigenvalue weighted by molar-refractivity contribution is 0.217. The van der Waals surface area contributed by atoms with Gasteiger partial charge in [-0.1, -0.05) is 36.5 Å². The van der Waals surface area contributed by atoms with Gasteiger partial charge in [-0.15, -0.1) is 0 Å². The second-order valence-electron chi connectivity index (χ2n) is 5.90. The van der Waals surface area contributed by atoms with E-state index in [0.717, 1.165) is 45.9 Å². The van der Waals surface area contributed by atoms with Crippen LogP contribution in [0.2, 0.25) is 0 Å². The third kappa shape index (κ3) is 3.99. The highest BCUT2D eigenvalue weighted by Crippen LogP contribution is 2.19. The van der Waals surface area contributed by atoms with Crippen LogP contribution in [-0.2, 0) is 6.42 Å². The third-order valence-corrected chi connectivity index (χ3v) is 4.74. The normalized spacial score (nSPS) is 12.2. The van der Waals surface area contributed by atoms with Crippen molar-refractivity contribution in [1.29, 1.82) is 0 Å². The first-order chi connectivity index (χ1) is 12.5. The Balaban J connectivity index is 1.81. The molecule has 0 fully saturated rings. The van der Waals surface area contributed by atoms with Crippen LogP contribution in [0, 0.1) is 11.6 Å². The molecule has 0 aliphatic heterocycles. The van der Waals surface area contributed by atoms with Gasteiger partial charge in [-0.2, -0.15) is 9.78 Å². The minimum Gasteiger partial charge on any atom is -0.491 e. The molecule has 0 bridgehead atoms. The minimum absolute atomic E-state index is 0.137. The van der Waals surface area contributed by atoms with E-state index < -0.39 is 22.2 Å². The van der Waals surface area contributed by atoms with Crippen LogP contribution in [0.4, 0.5) is 8.78 Å². The summed E-state index contributed by atoms with van der Waals surface area (Å²) in [5, 5.41) is 4.57. The Kier molecular flexibility index (Phi) is 5.46. The van der Waals surface area contributed by atoms with Gasteiger partial charge in [0.15, 0.2) is 11.6 Å². The Morgan fingerprint density at radius 2 is 1.81 bits per heavy atom. The molecule has 4 nitrogen and oxygen atoms in total. The van der Waals surface area contributed by atoms with E-state index in [4.69, 9.17) is 4.74 Å². The zero-order chi connectivity index (χ0) is 18.7. The molecule has 1 unspecified atom stereocenters. The summed E-state index contributed by atoms with van der Waals surface area (Å²) in [4.78, 5) is 11.6. The van der Waals surface area contributed by atoms with Crippen molar-refractivity contribution in [1.82, 2.24) is 9.78 Å². The first-order valence-electron chi connectivity index (χ1n) is 8.27. The van der Waals surface area contributed by atoms with Gasteiger partial charge in [0.1, 0.15) is 16.4 Å². The molecule has 3 rings (SSSR count). The van der Waals surface area contributed by atoms with Gasteiger partial charge in [0, 0.05) is 6.42 Å². The predicted molar refractivity (Wildman–Crippen MR) is 97.3 cm³/mol. The summed E-state index contributed by atoms with van der Waals surface area (Å²) in [5.41, 5.74) is 0.480. The summed E-state index contributed by atoms with van der Waals surface area (Å²) in [7, 11) is 0. The van der Waals surface area contributed by atoms with Crippen LogP contribution < -0.4 is 9.61 Å². The maximum Gasteiger partial charge on any atom is 0.330 e. The van der Waals surface area contributed by atoms with E-state index in [9.17, 15) is 13.6 Å². The van der Waals surface area contributed by atoms with Crippen molar-refractivity contribution in [3.05, 3.63) is 74.3 Å². The molecule has 0 aliphatic carbocycles. The molecule has 0 saturated heterocycles. The van der Waals surface area contributed by atoms with Crippen molar-refractivity contribution in [2.45, 2.75) is 32.8 Å². The quantitative estimate of drug-likeness (QED) is 0.643. The Hall–Kier alpha value is -2.54. The van der Waals surface area contributed by atoms with E-state index in [-0.39, 0.29) is 6.10 Å². The summed E-state index contributed by atoms with van der Waals surface area (Å²) in [5.74, 6) is -0.874. The topological polar surface area (TPSA) is 44.1 Å². The fourth-order valence-electron chi connectivity index (χ4n) is 2.40. The van der Waals surface area contributed by atoms with E-state index in [2.05, 4.69) is 12.0 Å². The summed E-state index contributed by atoms with van der Waals surface area (Å²) in [6, 6.07) is 10.9. The van der Waals surface area contributed by atoms with Gasteiger partial charge in [-0.3, -0.25) is 4.79 Å². The van der Waals surface area contributed by atoms with Crippen molar-refractivity contribution in [3.63, 3.8) is 0 Å². The van der Waals surface area contributed by atoms with Gasteiger partial charge in [-0.25, -0.2) is 8.78 Å². The molecule has 0 aliphatic rings. The van der Waals surface area contributed by atoms with Crippen LogP contribution in [0.15, 0.2) is 47.3 Å². The van der Waals surface area contributed by atoms with Crippen molar-refractivity contribution in [2.75, 3.05) is 0 Å². The second-order valence-corrected chi connectivity index (χ2v) is 6.93. The highest BCUT2D eigenvalue weighted by molar-refractivity contribution is 7.08. The van der Waals surface area contributed by atoms with Gasteiger partial charge < -0.3 is 4.74 Å². The number of ether oxygens (including phenoxy) is 1. The van der Waals surface area contributed by atoms with Crippen LogP contribution >= 0.6 is 11.3 Å². The molecule has 0 saturated carbocycles. The van der Waals surface area contributed by atoms with Gasteiger partial charge in [-0.05, 0) is 43.2 Å². The number of halogens is 2. The molecular formula is C19H18F2N2O2S. The molecule has 26 heavy (non-hydrogen) atoms. The lowest BCUT2D eigenvalue weighted by Gasteiger charge is -2.12. The van der Waals surface area contributed by atoms with Crippen molar-refractivity contribution < 1.29 is 13.5 Å². The van der Waals surface area contributed by atoms with E-state index >= 15 is 0 Å². The van der Waals surface area contributed by atoms with Crippen molar-refractivity contribution in [2.24, 2.45) is 0 Å². The van der Waals surface area contributed by atoms with Crippen LogP contribution in [0.1, 0.15) is 30.8 Å². The number of aromatic nitrogens is 2. The van der Waals surface area contributed by atoms with E-state index in [1.807, 2.05) is 31.2 Å². The number of hydrogen-bond donors (Lipinski definition) is 0. The van der Waals surface area contributed by atoms with Crippen LogP contribution in [0.3, 0.4) is 0 Å². The molecule has 1 atom stereocenters. The molecule has 7 heteroatoms. The Morgan fingerprint density at radius 3 is 2.42 bits per heavy atom. The molecule has 0 radical (unpaired) electrons. The third-order valence-electron chi connectivity index (χ3n) is 3.93. The van der Waals surface area contributed by atoms with Crippen molar-refractivity contribution >= 4 is 11.3 Å². The smallest absolute Gasteiger partial charge is 0.330 e. The monoisotopic (exact) mass is 376 g/mol. The van der Waals surface area contributed by atoms with Crippen LogP contribution in [0.5, 0.6) is 5.75 Å². The maximum absolute atomic E-state index is 13.9. The number of nitrogens with zero attached hydrogens (tertiary/aromatic N) is 2. The Bertz CT molecular complexity index is 931. The number of hydrogen-bond acceptors (Lipinski definition) is 4. The molecule has 0 amide bonds. The summed E-state index contributed by atoms with van der Waals surface area (Å²) >= 11 is 0.872. The Morgan fingerprint density at radius 1 is 1.15 bits per heavy atom. The average Bonchev–Trinajstić information content (AvgIpc) is 2.96. The van der Waals surface area contributed by atoms with Crippen LogP contribution in [-0.4, -0.2) is 15.9 Å². The second kappa shape index (κ2) is 7.78. The summed E-state index contributed by atoms with van der Waals surface area (Å²) in [6.07, 6.45) is 1.45. The highest BCUT2D eigenvalue weighted by atomic mass is 32.1. The molecule has 0 spiro atoms. The van der Waals surface area contributed by atoms with E-state index in [1.165, 1.54) is 6.07 Å². The molecular weight excluding hydrogens is 358 g/mol. The number of benzene rings is 2. The maximum atomic E-state index is 13.9. The SMILES string of the molecule is CCC(C)Oc1ccc(Cc2nn(-c3c(F)cccc3F)c(=O)s2)cc1. The Labute approximate surface area is 153 Å². The fourth-order valence-corrected chi connectivity index (χ4v) is 3.18.